The van der Waals surface area contributed by atoms with Crippen LogP contribution in [0.2, 0.25) is 0 Å². The number of aryl methyl sites for hydroxylation is 1. The van der Waals surface area contributed by atoms with Gasteiger partial charge in [0.2, 0.25) is 5.13 Å². The fourth-order valence-corrected chi connectivity index (χ4v) is 3.33. The van der Waals surface area contributed by atoms with Gasteiger partial charge in [-0.2, -0.15) is 0 Å². The fourth-order valence-electron chi connectivity index (χ4n) is 1.70. The monoisotopic (exact) mass is 289 g/mol. The Morgan fingerprint density at radius 2 is 2.11 bits per heavy atom. The zero-order chi connectivity index (χ0) is 13.2. The molecule has 0 fully saturated rings. The quantitative estimate of drug-likeness (QED) is 0.802. The van der Waals surface area contributed by atoms with Gasteiger partial charge in [0.05, 0.1) is 4.88 Å². The second-order valence-corrected chi connectivity index (χ2v) is 6.10. The van der Waals surface area contributed by atoms with Gasteiger partial charge in [-0.1, -0.05) is 36.5 Å². The Balaban J connectivity index is 1.83. The molecular weight excluding hydrogens is 278 g/mol. The molecule has 2 aromatic heterocycles. The topological polar surface area (TPSA) is 54.9 Å². The third-order valence-electron chi connectivity index (χ3n) is 2.64. The number of anilines is 1. The summed E-state index contributed by atoms with van der Waals surface area (Å²) in [6.07, 6.45) is 0.830. The van der Waals surface area contributed by atoms with E-state index in [1.54, 1.807) is 0 Å². The Morgan fingerprint density at radius 1 is 1.26 bits per heavy atom. The van der Waals surface area contributed by atoms with Gasteiger partial charge in [-0.3, -0.25) is 10.1 Å². The molecule has 19 heavy (non-hydrogen) atoms. The maximum absolute atomic E-state index is 12.1. The van der Waals surface area contributed by atoms with Crippen molar-refractivity contribution in [1.82, 2.24) is 10.2 Å². The molecule has 0 saturated carbocycles. The first kappa shape index (κ1) is 12.3. The highest BCUT2D eigenvalue weighted by molar-refractivity contribution is 7.21. The molecule has 0 aliphatic rings. The summed E-state index contributed by atoms with van der Waals surface area (Å²) in [6, 6.07) is 9.85. The van der Waals surface area contributed by atoms with E-state index in [0.29, 0.717) is 10.0 Å². The van der Waals surface area contributed by atoms with Crippen molar-refractivity contribution in [1.29, 1.82) is 0 Å². The number of rotatable bonds is 3. The molecule has 3 aromatic rings. The zero-order valence-corrected chi connectivity index (χ0v) is 11.8. The van der Waals surface area contributed by atoms with Gasteiger partial charge in [0.1, 0.15) is 5.01 Å². The highest BCUT2D eigenvalue weighted by atomic mass is 32.1. The van der Waals surface area contributed by atoms with Crippen LogP contribution < -0.4 is 5.32 Å². The van der Waals surface area contributed by atoms with Crippen LogP contribution in [-0.4, -0.2) is 16.1 Å². The van der Waals surface area contributed by atoms with Crippen LogP contribution >= 0.6 is 22.7 Å². The lowest BCUT2D eigenvalue weighted by Gasteiger charge is -1.96. The van der Waals surface area contributed by atoms with Gasteiger partial charge in [-0.15, -0.1) is 21.5 Å². The van der Waals surface area contributed by atoms with Crippen LogP contribution in [0.4, 0.5) is 5.13 Å². The van der Waals surface area contributed by atoms with Crippen LogP contribution in [0.1, 0.15) is 21.6 Å². The highest BCUT2D eigenvalue weighted by Gasteiger charge is 2.12. The second kappa shape index (κ2) is 5.07. The van der Waals surface area contributed by atoms with Crippen molar-refractivity contribution in [2.24, 2.45) is 0 Å². The number of nitrogens with zero attached hydrogens (tertiary/aromatic N) is 2. The average Bonchev–Trinajstić information content (AvgIpc) is 3.04. The number of carbonyl (C=O) groups is 1. The van der Waals surface area contributed by atoms with E-state index >= 15 is 0 Å². The van der Waals surface area contributed by atoms with E-state index in [9.17, 15) is 4.79 Å². The van der Waals surface area contributed by atoms with E-state index in [1.807, 2.05) is 37.3 Å². The van der Waals surface area contributed by atoms with Crippen molar-refractivity contribution in [2.45, 2.75) is 13.3 Å². The first-order chi connectivity index (χ1) is 9.26. The molecule has 4 nitrogen and oxygen atoms in total. The molecule has 0 saturated heterocycles. The predicted molar refractivity (Wildman–Crippen MR) is 79.1 cm³/mol. The molecule has 1 aromatic carbocycles. The van der Waals surface area contributed by atoms with E-state index in [1.165, 1.54) is 22.7 Å². The summed E-state index contributed by atoms with van der Waals surface area (Å²) < 4.78 is 1.11. The standard InChI is InChI=1S/C13H11N3OS2/c1-2-11-15-16-13(19-11)14-12(17)10-7-8-5-3-4-6-9(8)18-10/h3-7H,2H2,1H3,(H,14,16,17). The largest absolute Gasteiger partial charge is 0.296 e. The molecule has 6 heteroatoms. The summed E-state index contributed by atoms with van der Waals surface area (Å²) in [6.45, 7) is 2.01. The SMILES string of the molecule is CCc1nnc(NC(=O)c2cc3ccccc3s2)s1. The van der Waals surface area contributed by atoms with Gasteiger partial charge in [0.15, 0.2) is 0 Å². The van der Waals surface area contributed by atoms with E-state index in [4.69, 9.17) is 0 Å². The van der Waals surface area contributed by atoms with Gasteiger partial charge in [-0.05, 0) is 23.9 Å². The van der Waals surface area contributed by atoms with Gasteiger partial charge in [0, 0.05) is 4.70 Å². The molecular formula is C13H11N3OS2. The van der Waals surface area contributed by atoms with E-state index in [-0.39, 0.29) is 5.91 Å². The Labute approximate surface area is 118 Å². The number of hydrogen-bond donors (Lipinski definition) is 1. The number of nitrogens with one attached hydrogen (secondary N) is 1. The lowest BCUT2D eigenvalue weighted by atomic mass is 10.2. The minimum absolute atomic E-state index is 0.125. The molecule has 1 N–H and O–H groups in total. The number of benzene rings is 1. The van der Waals surface area contributed by atoms with E-state index < -0.39 is 0 Å². The van der Waals surface area contributed by atoms with E-state index in [2.05, 4.69) is 15.5 Å². The summed E-state index contributed by atoms with van der Waals surface area (Å²) in [5.74, 6) is -0.125. The van der Waals surface area contributed by atoms with Crippen LogP contribution in [0.15, 0.2) is 30.3 Å². The number of thiophene rings is 1. The predicted octanol–water partition coefficient (Wildman–Crippen LogP) is 3.57. The number of carbonyl (C=O) groups excluding carboxylic acids is 1. The van der Waals surface area contributed by atoms with Gasteiger partial charge in [0.25, 0.3) is 5.91 Å². The highest BCUT2D eigenvalue weighted by Crippen LogP contribution is 2.26. The van der Waals surface area contributed by atoms with Crippen LogP contribution in [0.25, 0.3) is 10.1 Å². The maximum Gasteiger partial charge on any atom is 0.267 e. The van der Waals surface area contributed by atoms with Crippen LogP contribution in [0, 0.1) is 0 Å². The average molecular weight is 289 g/mol. The van der Waals surface area contributed by atoms with Crippen LogP contribution in [0.3, 0.4) is 0 Å². The van der Waals surface area contributed by atoms with Crippen molar-refractivity contribution in [2.75, 3.05) is 5.32 Å². The molecule has 0 aliphatic carbocycles. The van der Waals surface area contributed by atoms with Crippen molar-refractivity contribution in [3.63, 3.8) is 0 Å². The van der Waals surface area contributed by atoms with Gasteiger partial charge in [-0.25, -0.2) is 0 Å². The third-order valence-corrected chi connectivity index (χ3v) is 4.74. The Morgan fingerprint density at radius 3 is 2.84 bits per heavy atom. The van der Waals surface area contributed by atoms with E-state index in [0.717, 1.165) is 21.5 Å². The van der Waals surface area contributed by atoms with Gasteiger partial charge >= 0.3 is 0 Å². The number of amides is 1. The van der Waals surface area contributed by atoms with Crippen LogP contribution in [0.5, 0.6) is 0 Å². The molecule has 0 atom stereocenters. The van der Waals surface area contributed by atoms with Gasteiger partial charge < -0.3 is 0 Å². The minimum Gasteiger partial charge on any atom is -0.296 e. The Hall–Kier alpha value is -1.79. The zero-order valence-electron chi connectivity index (χ0n) is 10.2. The molecule has 3 rings (SSSR count). The number of hydrogen-bond acceptors (Lipinski definition) is 5. The molecule has 0 radical (unpaired) electrons. The minimum atomic E-state index is -0.125. The molecule has 96 valence electrons. The van der Waals surface area contributed by atoms with Crippen LogP contribution in [-0.2, 0) is 6.42 Å². The lowest BCUT2D eigenvalue weighted by Crippen LogP contribution is -2.09. The number of fused-ring (bicyclic) bond motifs is 1. The summed E-state index contributed by atoms with van der Waals surface area (Å²) in [5, 5.41) is 13.3. The first-order valence-electron chi connectivity index (χ1n) is 5.88. The summed E-state index contributed by atoms with van der Waals surface area (Å²) in [7, 11) is 0. The van der Waals surface area contributed by atoms with Crippen molar-refractivity contribution in [3.05, 3.63) is 40.2 Å². The second-order valence-electron chi connectivity index (χ2n) is 3.96. The fraction of sp³-hybridized carbons (Fsp3) is 0.154. The summed E-state index contributed by atoms with van der Waals surface area (Å²) in [4.78, 5) is 12.8. The maximum atomic E-state index is 12.1. The molecule has 1 amide bonds. The summed E-state index contributed by atoms with van der Waals surface area (Å²) >= 11 is 2.89. The first-order valence-corrected chi connectivity index (χ1v) is 7.52. The molecule has 0 bridgehead atoms. The lowest BCUT2D eigenvalue weighted by molar-refractivity contribution is 0.103. The third kappa shape index (κ3) is 2.50. The number of aromatic nitrogens is 2. The molecule has 0 spiro atoms. The molecule has 2 heterocycles. The smallest absolute Gasteiger partial charge is 0.267 e. The molecule has 0 unspecified atom stereocenters. The Kier molecular flexibility index (Phi) is 3.27. The summed E-state index contributed by atoms with van der Waals surface area (Å²) in [5.41, 5.74) is 0. The van der Waals surface area contributed by atoms with Crippen molar-refractivity contribution >= 4 is 43.8 Å². The van der Waals surface area contributed by atoms with Crippen molar-refractivity contribution in [3.8, 4) is 0 Å². The van der Waals surface area contributed by atoms with Crippen molar-refractivity contribution < 1.29 is 4.79 Å². The Bertz CT molecular complexity index is 699. The molecule has 0 aliphatic heterocycles. The normalized spacial score (nSPS) is 10.8.